The molecule has 2 aliphatic rings. The summed E-state index contributed by atoms with van der Waals surface area (Å²) in [5.41, 5.74) is 4.09. The van der Waals surface area contributed by atoms with Crippen LogP contribution in [0.2, 0.25) is 0 Å². The van der Waals surface area contributed by atoms with Crippen LogP contribution in [-0.2, 0) is 26.4 Å². The Hall–Kier alpha value is -3.06. The molecule has 3 aromatic rings. The van der Waals surface area contributed by atoms with E-state index in [-0.39, 0.29) is 0 Å². The normalized spacial score (nSPS) is 16.4. The quantitative estimate of drug-likeness (QED) is 0.620. The second-order valence-electron chi connectivity index (χ2n) is 8.44. The van der Waals surface area contributed by atoms with Gasteiger partial charge in [0, 0.05) is 41.3 Å². The van der Waals surface area contributed by atoms with E-state index in [1.54, 1.807) is 0 Å². The molecule has 0 amide bonds. The van der Waals surface area contributed by atoms with E-state index in [4.69, 9.17) is 0 Å². The lowest BCUT2D eigenvalue weighted by Gasteiger charge is -2.15. The first-order chi connectivity index (χ1) is 14.4. The van der Waals surface area contributed by atoms with E-state index in [2.05, 4.69) is 39.7 Å². The van der Waals surface area contributed by atoms with Gasteiger partial charge in [-0.2, -0.15) is 0 Å². The Morgan fingerprint density at radius 2 is 1.90 bits per heavy atom. The van der Waals surface area contributed by atoms with Crippen molar-refractivity contribution in [2.45, 2.75) is 38.6 Å². The minimum Gasteiger partial charge on any atom is -0.506 e. The molecule has 5 rings (SSSR count). The summed E-state index contributed by atoms with van der Waals surface area (Å²) in [6.45, 7) is 3.20. The standard InChI is InChI=1S/C23H25N3O4/c1-25-15(12-26-7-2-3-8-26)9-14-10-17-13(11-18(14)25)5-4-6-16-20(17)24-22(28)19(21(16)27)23(29)30/h9-11H,2-8,12H2,1H3,(H,29,30)(H2,24,27,28). The summed E-state index contributed by atoms with van der Waals surface area (Å²) in [7, 11) is 2.09. The van der Waals surface area contributed by atoms with E-state index in [1.807, 2.05) is 0 Å². The van der Waals surface area contributed by atoms with Crippen LogP contribution in [0, 0.1) is 0 Å². The molecule has 1 aliphatic carbocycles. The van der Waals surface area contributed by atoms with Gasteiger partial charge in [-0.3, -0.25) is 9.69 Å². The smallest absolute Gasteiger partial charge is 0.345 e. The molecule has 0 spiro atoms. The second kappa shape index (κ2) is 7.02. The van der Waals surface area contributed by atoms with Crippen molar-refractivity contribution in [3.63, 3.8) is 0 Å². The molecule has 1 fully saturated rings. The van der Waals surface area contributed by atoms with E-state index in [9.17, 15) is 19.8 Å². The zero-order chi connectivity index (χ0) is 21.0. The number of rotatable bonds is 3. The number of aromatic amines is 1. The summed E-state index contributed by atoms with van der Waals surface area (Å²) >= 11 is 0. The summed E-state index contributed by atoms with van der Waals surface area (Å²) in [6, 6.07) is 6.44. The van der Waals surface area contributed by atoms with Crippen LogP contribution < -0.4 is 5.56 Å². The highest BCUT2D eigenvalue weighted by Crippen LogP contribution is 2.38. The number of aromatic carboxylic acids is 1. The average Bonchev–Trinajstić information content (AvgIpc) is 3.26. The molecule has 0 saturated carbocycles. The molecule has 3 heterocycles. The van der Waals surface area contributed by atoms with E-state index in [0.717, 1.165) is 54.5 Å². The predicted octanol–water partition coefficient (Wildman–Crippen LogP) is 3.02. The zero-order valence-corrected chi connectivity index (χ0v) is 17.0. The van der Waals surface area contributed by atoms with Gasteiger partial charge in [0.1, 0.15) is 5.75 Å². The van der Waals surface area contributed by atoms with Crippen molar-refractivity contribution in [2.75, 3.05) is 13.1 Å². The molecular weight excluding hydrogens is 382 g/mol. The summed E-state index contributed by atoms with van der Waals surface area (Å²) in [5, 5.41) is 20.9. The maximum atomic E-state index is 12.4. The highest BCUT2D eigenvalue weighted by molar-refractivity contribution is 5.93. The summed E-state index contributed by atoms with van der Waals surface area (Å²) < 4.78 is 2.24. The fourth-order valence-electron chi connectivity index (χ4n) is 5.00. The lowest BCUT2D eigenvalue weighted by atomic mass is 9.98. The van der Waals surface area contributed by atoms with Crippen LogP contribution in [0.25, 0.3) is 22.2 Å². The van der Waals surface area contributed by atoms with Gasteiger partial charge in [0.15, 0.2) is 5.56 Å². The first-order valence-electron chi connectivity index (χ1n) is 10.5. The Bertz CT molecular complexity index is 1230. The number of aryl methyl sites for hydroxylation is 2. The number of benzene rings is 1. The van der Waals surface area contributed by atoms with Crippen molar-refractivity contribution in [3.05, 3.63) is 50.9 Å². The van der Waals surface area contributed by atoms with E-state index >= 15 is 0 Å². The first kappa shape index (κ1) is 18.9. The Morgan fingerprint density at radius 1 is 1.13 bits per heavy atom. The highest BCUT2D eigenvalue weighted by atomic mass is 16.4. The number of hydrogen-bond acceptors (Lipinski definition) is 4. The number of fused-ring (bicyclic) bond motifs is 4. The van der Waals surface area contributed by atoms with Crippen molar-refractivity contribution < 1.29 is 15.0 Å². The number of hydrogen-bond donors (Lipinski definition) is 3. The largest absolute Gasteiger partial charge is 0.506 e. The number of pyridine rings is 1. The van der Waals surface area contributed by atoms with Crippen LogP contribution in [-0.4, -0.2) is 43.7 Å². The van der Waals surface area contributed by atoms with Crippen molar-refractivity contribution in [1.29, 1.82) is 0 Å². The number of aromatic hydroxyl groups is 1. The molecule has 0 unspecified atom stereocenters. The maximum Gasteiger partial charge on any atom is 0.345 e. The molecule has 0 radical (unpaired) electrons. The summed E-state index contributed by atoms with van der Waals surface area (Å²) in [5.74, 6) is -1.82. The Morgan fingerprint density at radius 3 is 2.63 bits per heavy atom. The van der Waals surface area contributed by atoms with Crippen LogP contribution in [0.5, 0.6) is 5.75 Å². The Kier molecular flexibility index (Phi) is 4.43. The third kappa shape index (κ3) is 2.92. The minimum absolute atomic E-state index is 0.406. The van der Waals surface area contributed by atoms with Crippen LogP contribution in [0.4, 0.5) is 0 Å². The fourth-order valence-corrected chi connectivity index (χ4v) is 5.00. The summed E-state index contributed by atoms with van der Waals surface area (Å²) in [4.78, 5) is 29.0. The summed E-state index contributed by atoms with van der Waals surface area (Å²) in [6.07, 6.45) is 4.60. The lowest BCUT2D eigenvalue weighted by Crippen LogP contribution is -2.20. The monoisotopic (exact) mass is 407 g/mol. The van der Waals surface area contributed by atoms with E-state index in [0.29, 0.717) is 17.7 Å². The van der Waals surface area contributed by atoms with Crippen molar-refractivity contribution in [2.24, 2.45) is 7.05 Å². The molecule has 0 bridgehead atoms. The molecule has 0 atom stereocenters. The number of nitrogens with one attached hydrogen (secondary N) is 1. The first-order valence-corrected chi connectivity index (χ1v) is 10.5. The van der Waals surface area contributed by atoms with Crippen molar-refractivity contribution >= 4 is 16.9 Å². The molecule has 1 aromatic carbocycles. The number of H-pyrrole nitrogens is 1. The highest BCUT2D eigenvalue weighted by Gasteiger charge is 2.26. The Balaban J connectivity index is 1.67. The average molecular weight is 407 g/mol. The molecule has 156 valence electrons. The number of nitrogens with zero attached hydrogens (tertiary/aromatic N) is 2. The van der Waals surface area contributed by atoms with Gasteiger partial charge in [0.2, 0.25) is 0 Å². The number of carboxylic acids is 1. The van der Waals surface area contributed by atoms with Crippen LogP contribution >= 0.6 is 0 Å². The molecule has 7 heteroatoms. The van der Waals surface area contributed by atoms with Gasteiger partial charge in [-0.05, 0) is 69.0 Å². The van der Waals surface area contributed by atoms with Gasteiger partial charge in [-0.25, -0.2) is 4.79 Å². The minimum atomic E-state index is -1.41. The van der Waals surface area contributed by atoms with Crippen molar-refractivity contribution in [1.82, 2.24) is 14.5 Å². The third-order valence-corrected chi connectivity index (χ3v) is 6.60. The molecule has 7 nitrogen and oxygen atoms in total. The zero-order valence-electron chi connectivity index (χ0n) is 17.0. The number of aromatic nitrogens is 2. The number of likely N-dealkylation sites (tertiary alicyclic amines) is 1. The predicted molar refractivity (Wildman–Crippen MR) is 114 cm³/mol. The molecule has 2 aromatic heterocycles. The van der Waals surface area contributed by atoms with Crippen LogP contribution in [0.15, 0.2) is 23.0 Å². The topological polar surface area (TPSA) is 98.6 Å². The van der Waals surface area contributed by atoms with Gasteiger partial charge in [0.05, 0.1) is 5.69 Å². The van der Waals surface area contributed by atoms with Gasteiger partial charge in [-0.15, -0.1) is 0 Å². The van der Waals surface area contributed by atoms with Crippen LogP contribution in [0.1, 0.15) is 46.4 Å². The van der Waals surface area contributed by atoms with E-state index < -0.39 is 22.8 Å². The second-order valence-corrected chi connectivity index (χ2v) is 8.44. The molecule has 1 saturated heterocycles. The van der Waals surface area contributed by atoms with Gasteiger partial charge in [0.25, 0.3) is 5.56 Å². The van der Waals surface area contributed by atoms with E-state index in [1.165, 1.54) is 18.5 Å². The molecule has 3 N–H and O–H groups in total. The lowest BCUT2D eigenvalue weighted by molar-refractivity contribution is 0.0691. The Labute approximate surface area is 173 Å². The van der Waals surface area contributed by atoms with Gasteiger partial charge >= 0.3 is 5.97 Å². The maximum absolute atomic E-state index is 12.4. The van der Waals surface area contributed by atoms with Crippen molar-refractivity contribution in [3.8, 4) is 17.0 Å². The molecule has 30 heavy (non-hydrogen) atoms. The fraction of sp³-hybridized carbons (Fsp3) is 0.391. The molecule has 1 aliphatic heterocycles. The number of carboxylic acid groups (broad SMARTS) is 1. The van der Waals surface area contributed by atoms with Crippen LogP contribution in [0.3, 0.4) is 0 Å². The third-order valence-electron chi connectivity index (χ3n) is 6.60. The molecular formula is C23H25N3O4. The number of carbonyl (C=O) groups is 1. The SMILES string of the molecule is Cn1c(CN2CCCC2)cc2cc3c(cc21)CCCc1c-3[nH]c(=O)c(C(=O)O)c1O. The van der Waals surface area contributed by atoms with Gasteiger partial charge in [-0.1, -0.05) is 0 Å². The van der Waals surface area contributed by atoms with Gasteiger partial charge < -0.3 is 19.8 Å².